The van der Waals surface area contributed by atoms with E-state index in [-0.39, 0.29) is 11.5 Å². The van der Waals surface area contributed by atoms with E-state index in [0.29, 0.717) is 10.8 Å². The summed E-state index contributed by atoms with van der Waals surface area (Å²) in [5, 5.41) is 10.3. The molecule has 3 unspecified atom stereocenters. The molecule has 16 heavy (non-hydrogen) atoms. The van der Waals surface area contributed by atoms with Crippen molar-refractivity contribution in [3.63, 3.8) is 0 Å². The molecular weight excluding hydrogens is 196 g/mol. The first-order valence-corrected chi connectivity index (χ1v) is 6.70. The van der Waals surface area contributed by atoms with E-state index in [4.69, 9.17) is 0 Å². The molecule has 0 aromatic heterocycles. The normalized spacial score (nSPS) is 56.3. The van der Waals surface area contributed by atoms with Gasteiger partial charge in [0.05, 0.1) is 6.10 Å². The topological polar surface area (TPSA) is 20.2 Å². The smallest absolute Gasteiger partial charge is 0.0775 e. The minimum Gasteiger partial charge on any atom is -0.388 e. The van der Waals surface area contributed by atoms with Gasteiger partial charge in [-0.05, 0) is 55.3 Å². The maximum atomic E-state index is 10.3. The van der Waals surface area contributed by atoms with Crippen molar-refractivity contribution in [1.29, 1.82) is 0 Å². The molecular formula is C15H24O. The second kappa shape index (κ2) is 2.93. The molecule has 1 heteroatoms. The Morgan fingerprint density at radius 1 is 1.12 bits per heavy atom. The molecule has 4 fully saturated rings. The van der Waals surface area contributed by atoms with E-state index in [1.165, 1.54) is 38.5 Å². The van der Waals surface area contributed by atoms with Crippen LogP contribution in [0.3, 0.4) is 0 Å². The molecule has 90 valence electrons. The first-order valence-electron chi connectivity index (χ1n) is 6.70. The lowest BCUT2D eigenvalue weighted by Crippen LogP contribution is -2.58. The summed E-state index contributed by atoms with van der Waals surface area (Å²) in [5.74, 6) is 0.862. The fraction of sp³-hybridized carbons (Fsp3) is 0.867. The van der Waals surface area contributed by atoms with Gasteiger partial charge in [0, 0.05) is 5.41 Å². The van der Waals surface area contributed by atoms with Gasteiger partial charge >= 0.3 is 0 Å². The molecule has 0 aromatic rings. The summed E-state index contributed by atoms with van der Waals surface area (Å²) in [7, 11) is 0. The van der Waals surface area contributed by atoms with Gasteiger partial charge in [0.2, 0.25) is 0 Å². The van der Waals surface area contributed by atoms with Crippen LogP contribution in [0.15, 0.2) is 12.7 Å². The Morgan fingerprint density at radius 2 is 1.69 bits per heavy atom. The molecule has 0 aliphatic heterocycles. The van der Waals surface area contributed by atoms with Crippen LogP contribution >= 0.6 is 0 Å². The molecule has 4 aliphatic carbocycles. The lowest BCUT2D eigenvalue weighted by Gasteiger charge is -2.66. The van der Waals surface area contributed by atoms with Gasteiger partial charge in [0.15, 0.2) is 0 Å². The molecule has 1 nitrogen and oxygen atoms in total. The Morgan fingerprint density at radius 3 is 2.12 bits per heavy atom. The van der Waals surface area contributed by atoms with Crippen molar-refractivity contribution >= 4 is 0 Å². The highest BCUT2D eigenvalue weighted by Gasteiger charge is 2.61. The largest absolute Gasteiger partial charge is 0.388 e. The van der Waals surface area contributed by atoms with Gasteiger partial charge in [-0.25, -0.2) is 0 Å². The highest BCUT2D eigenvalue weighted by Crippen LogP contribution is 2.70. The molecule has 0 radical (unpaired) electrons. The number of aliphatic hydroxyl groups is 1. The first-order chi connectivity index (χ1) is 7.39. The van der Waals surface area contributed by atoms with Crippen molar-refractivity contribution in [2.24, 2.45) is 22.2 Å². The third kappa shape index (κ3) is 1.33. The summed E-state index contributed by atoms with van der Waals surface area (Å²) in [4.78, 5) is 0. The van der Waals surface area contributed by atoms with Crippen molar-refractivity contribution in [2.75, 3.05) is 0 Å². The highest BCUT2D eigenvalue weighted by molar-refractivity contribution is 5.14. The van der Waals surface area contributed by atoms with Crippen molar-refractivity contribution in [1.82, 2.24) is 0 Å². The fourth-order valence-electron chi connectivity index (χ4n) is 6.12. The van der Waals surface area contributed by atoms with Gasteiger partial charge in [-0.3, -0.25) is 0 Å². The van der Waals surface area contributed by atoms with E-state index in [0.717, 1.165) is 5.92 Å². The van der Waals surface area contributed by atoms with Crippen LogP contribution in [0.1, 0.15) is 52.4 Å². The molecule has 3 atom stereocenters. The lowest BCUT2D eigenvalue weighted by molar-refractivity contribution is -0.175. The molecule has 1 N–H and O–H groups in total. The number of hydrogen-bond acceptors (Lipinski definition) is 1. The summed E-state index contributed by atoms with van der Waals surface area (Å²) in [6, 6.07) is 0. The number of rotatable bonds is 2. The van der Waals surface area contributed by atoms with Gasteiger partial charge in [-0.15, -0.1) is 6.58 Å². The van der Waals surface area contributed by atoms with Crippen molar-refractivity contribution in [3.8, 4) is 0 Å². The van der Waals surface area contributed by atoms with E-state index in [9.17, 15) is 5.11 Å². The van der Waals surface area contributed by atoms with E-state index < -0.39 is 0 Å². The molecule has 4 rings (SSSR count). The minimum absolute atomic E-state index is 0.171. The molecule has 0 heterocycles. The molecule has 4 saturated carbocycles. The fourth-order valence-corrected chi connectivity index (χ4v) is 6.12. The van der Waals surface area contributed by atoms with Crippen LogP contribution in [0, 0.1) is 22.2 Å². The zero-order valence-electron chi connectivity index (χ0n) is 10.6. The summed E-state index contributed by atoms with van der Waals surface area (Å²) in [5.41, 5.74) is 1.17. The van der Waals surface area contributed by atoms with Crippen LogP contribution < -0.4 is 0 Å². The molecule has 4 aliphatic rings. The average molecular weight is 220 g/mol. The Bertz CT molecular complexity index is 314. The van der Waals surface area contributed by atoms with Gasteiger partial charge < -0.3 is 5.11 Å². The van der Waals surface area contributed by atoms with Gasteiger partial charge in [0.1, 0.15) is 0 Å². The predicted molar refractivity (Wildman–Crippen MR) is 66.0 cm³/mol. The first kappa shape index (κ1) is 10.8. The third-order valence-electron chi connectivity index (χ3n) is 5.52. The number of hydrogen-bond donors (Lipinski definition) is 1. The summed E-state index contributed by atoms with van der Waals surface area (Å²) >= 11 is 0. The highest BCUT2D eigenvalue weighted by atomic mass is 16.3. The summed E-state index contributed by atoms with van der Waals surface area (Å²) in [6.45, 7) is 8.70. The summed E-state index contributed by atoms with van der Waals surface area (Å²) in [6.07, 6.45) is 9.35. The SMILES string of the molecule is C=CC(O)C12CC3CC(C)(CC(C)(C3)C1)C2. The van der Waals surface area contributed by atoms with E-state index in [2.05, 4.69) is 20.4 Å². The van der Waals surface area contributed by atoms with E-state index in [1.54, 1.807) is 6.08 Å². The zero-order chi connectivity index (χ0) is 11.6. The predicted octanol–water partition coefficient (Wildman–Crippen LogP) is 3.53. The quantitative estimate of drug-likeness (QED) is 0.706. The maximum Gasteiger partial charge on any atom is 0.0775 e. The van der Waals surface area contributed by atoms with Crippen LogP contribution in [-0.2, 0) is 0 Å². The van der Waals surface area contributed by atoms with Gasteiger partial charge in [-0.1, -0.05) is 19.9 Å². The average Bonchev–Trinajstić information content (AvgIpc) is 2.10. The monoisotopic (exact) mass is 220 g/mol. The van der Waals surface area contributed by atoms with Gasteiger partial charge in [-0.2, -0.15) is 0 Å². The van der Waals surface area contributed by atoms with Crippen molar-refractivity contribution < 1.29 is 5.11 Å². The Hall–Kier alpha value is -0.300. The van der Waals surface area contributed by atoms with Crippen molar-refractivity contribution in [3.05, 3.63) is 12.7 Å². The standard InChI is InChI=1S/C15H24O/c1-4-12(16)15-7-11-5-13(2,9-15)8-14(3,6-11)10-15/h4,11-12,16H,1,5-10H2,2-3H3. The Kier molecular flexibility index (Phi) is 1.98. The molecule has 0 amide bonds. The second-order valence-corrected chi connectivity index (χ2v) is 7.67. The third-order valence-corrected chi connectivity index (χ3v) is 5.52. The Labute approximate surface area is 98.9 Å². The second-order valence-electron chi connectivity index (χ2n) is 7.67. The minimum atomic E-state index is -0.283. The Balaban J connectivity index is 2.01. The zero-order valence-corrected chi connectivity index (χ0v) is 10.6. The number of aliphatic hydroxyl groups excluding tert-OH is 1. The van der Waals surface area contributed by atoms with E-state index in [1.807, 2.05) is 0 Å². The molecule has 4 bridgehead atoms. The van der Waals surface area contributed by atoms with Crippen LogP contribution in [-0.4, -0.2) is 11.2 Å². The van der Waals surface area contributed by atoms with Crippen molar-refractivity contribution in [2.45, 2.75) is 58.5 Å². The van der Waals surface area contributed by atoms with Crippen LogP contribution in [0.5, 0.6) is 0 Å². The maximum absolute atomic E-state index is 10.3. The van der Waals surface area contributed by atoms with Gasteiger partial charge in [0.25, 0.3) is 0 Å². The molecule has 0 saturated heterocycles. The summed E-state index contributed by atoms with van der Waals surface area (Å²) < 4.78 is 0. The lowest BCUT2D eigenvalue weighted by atomic mass is 9.39. The van der Waals surface area contributed by atoms with Crippen LogP contribution in [0.4, 0.5) is 0 Å². The van der Waals surface area contributed by atoms with Crippen LogP contribution in [0.2, 0.25) is 0 Å². The molecule has 0 spiro atoms. The van der Waals surface area contributed by atoms with E-state index >= 15 is 0 Å². The molecule has 0 aromatic carbocycles. The van der Waals surface area contributed by atoms with Crippen LogP contribution in [0.25, 0.3) is 0 Å².